The molecule has 0 amide bonds. The highest BCUT2D eigenvalue weighted by Gasteiger charge is 2.51. The van der Waals surface area contributed by atoms with Gasteiger partial charge < -0.3 is 0 Å². The van der Waals surface area contributed by atoms with E-state index >= 15 is 0 Å². The lowest BCUT2D eigenvalue weighted by molar-refractivity contribution is -0.213. The van der Waals surface area contributed by atoms with Crippen molar-refractivity contribution in [2.45, 2.75) is 72.1 Å². The molecule has 1 aliphatic rings. The van der Waals surface area contributed by atoms with Crippen LogP contribution in [0.1, 0.15) is 54.4 Å². The second-order valence-electron chi connectivity index (χ2n) is 7.13. The highest BCUT2D eigenvalue weighted by molar-refractivity contribution is 4.95. The molecule has 1 rings (SSSR count). The Labute approximate surface area is 115 Å². The smallest absolute Gasteiger partial charge is 0.286 e. The fraction of sp³-hybridized carbons (Fsp3) is 1.00. The van der Waals surface area contributed by atoms with Gasteiger partial charge in [-0.15, -0.1) is 0 Å². The lowest BCUT2D eigenvalue weighted by atomic mass is 9.85. The maximum absolute atomic E-state index is 13.4. The molecule has 0 N–H and O–H groups in total. The van der Waals surface area contributed by atoms with Gasteiger partial charge in [-0.05, 0) is 44.4 Å². The van der Waals surface area contributed by atoms with E-state index in [1.807, 2.05) is 27.7 Å². The summed E-state index contributed by atoms with van der Waals surface area (Å²) in [5, 5.41) is 0. The van der Waals surface area contributed by atoms with E-state index < -0.39 is 23.7 Å². The van der Waals surface area contributed by atoms with Crippen LogP contribution in [0.3, 0.4) is 0 Å². The Morgan fingerprint density at radius 2 is 1.53 bits per heavy atom. The standard InChI is InChI=1S/C15H28F3N/c1-10(2)13(15(16,17)18)19(9-12-7-8-12)14(5,6)11(3)4/h10-13H,7-9H2,1-6H3/t13-/m1/s1. The van der Waals surface area contributed by atoms with Gasteiger partial charge in [-0.3, -0.25) is 4.90 Å². The van der Waals surface area contributed by atoms with Crippen LogP contribution in [0, 0.1) is 17.8 Å². The Morgan fingerprint density at radius 3 is 1.79 bits per heavy atom. The van der Waals surface area contributed by atoms with Crippen LogP contribution >= 0.6 is 0 Å². The van der Waals surface area contributed by atoms with Crippen molar-refractivity contribution in [2.75, 3.05) is 6.54 Å². The second-order valence-corrected chi connectivity index (χ2v) is 7.13. The van der Waals surface area contributed by atoms with Crippen LogP contribution in [0.2, 0.25) is 0 Å². The third-order valence-corrected chi connectivity index (χ3v) is 4.61. The summed E-state index contributed by atoms with van der Waals surface area (Å²) in [5.41, 5.74) is -0.437. The predicted octanol–water partition coefficient (Wildman–Crippen LogP) is 4.72. The van der Waals surface area contributed by atoms with Crippen molar-refractivity contribution < 1.29 is 13.2 Å². The first-order valence-electron chi connectivity index (χ1n) is 7.31. The topological polar surface area (TPSA) is 3.24 Å². The quantitative estimate of drug-likeness (QED) is 0.680. The molecule has 1 fully saturated rings. The number of nitrogens with zero attached hydrogens (tertiary/aromatic N) is 1. The summed E-state index contributed by atoms with van der Waals surface area (Å²) in [7, 11) is 0. The van der Waals surface area contributed by atoms with Gasteiger partial charge in [-0.2, -0.15) is 13.2 Å². The molecule has 1 nitrogen and oxygen atoms in total. The molecular weight excluding hydrogens is 251 g/mol. The van der Waals surface area contributed by atoms with Crippen LogP contribution in [0.15, 0.2) is 0 Å². The van der Waals surface area contributed by atoms with Crippen molar-refractivity contribution in [3.63, 3.8) is 0 Å². The molecule has 0 heterocycles. The van der Waals surface area contributed by atoms with Crippen LogP contribution in [-0.4, -0.2) is 29.2 Å². The summed E-state index contributed by atoms with van der Waals surface area (Å²) < 4.78 is 40.3. The molecular formula is C15H28F3N. The summed E-state index contributed by atoms with van der Waals surface area (Å²) in [6.07, 6.45) is -2.00. The zero-order valence-electron chi connectivity index (χ0n) is 13.0. The summed E-state index contributed by atoms with van der Waals surface area (Å²) in [4.78, 5) is 1.72. The van der Waals surface area contributed by atoms with E-state index in [0.29, 0.717) is 12.5 Å². The Morgan fingerprint density at radius 1 is 1.05 bits per heavy atom. The average molecular weight is 279 g/mol. The van der Waals surface area contributed by atoms with Crippen LogP contribution < -0.4 is 0 Å². The lowest BCUT2D eigenvalue weighted by Gasteiger charge is -2.48. The largest absolute Gasteiger partial charge is 0.404 e. The Bertz CT molecular complexity index is 290. The zero-order chi connectivity index (χ0) is 15.0. The average Bonchev–Trinajstić information content (AvgIpc) is 2.97. The molecule has 0 aromatic rings. The first-order valence-corrected chi connectivity index (χ1v) is 7.31. The van der Waals surface area contributed by atoms with Crippen LogP contribution in [0.25, 0.3) is 0 Å². The summed E-state index contributed by atoms with van der Waals surface area (Å²) in [6, 6.07) is -1.34. The Kier molecular flexibility index (Phi) is 4.98. The van der Waals surface area contributed by atoms with E-state index in [1.165, 1.54) is 0 Å². The van der Waals surface area contributed by atoms with Crippen LogP contribution in [0.4, 0.5) is 13.2 Å². The zero-order valence-corrected chi connectivity index (χ0v) is 13.0. The molecule has 1 saturated carbocycles. The van der Waals surface area contributed by atoms with Gasteiger partial charge >= 0.3 is 6.18 Å². The van der Waals surface area contributed by atoms with Gasteiger partial charge in [0.15, 0.2) is 0 Å². The number of rotatable bonds is 6. The molecule has 0 radical (unpaired) electrons. The summed E-state index contributed by atoms with van der Waals surface area (Å²) >= 11 is 0. The molecule has 0 spiro atoms. The lowest BCUT2D eigenvalue weighted by Crippen LogP contribution is -2.60. The van der Waals surface area contributed by atoms with Crippen LogP contribution in [0.5, 0.6) is 0 Å². The van der Waals surface area contributed by atoms with Crippen molar-refractivity contribution in [3.8, 4) is 0 Å². The van der Waals surface area contributed by atoms with E-state index in [-0.39, 0.29) is 5.92 Å². The van der Waals surface area contributed by atoms with Gasteiger partial charge in [0.25, 0.3) is 0 Å². The third-order valence-electron chi connectivity index (χ3n) is 4.61. The Hall–Kier alpha value is -0.250. The summed E-state index contributed by atoms with van der Waals surface area (Å²) in [6.45, 7) is 11.8. The molecule has 114 valence electrons. The van der Waals surface area contributed by atoms with Gasteiger partial charge in [0, 0.05) is 12.1 Å². The monoisotopic (exact) mass is 279 g/mol. The Balaban J connectivity index is 3.05. The SMILES string of the molecule is CC(C)[C@@H](N(CC1CC1)C(C)(C)C(C)C)C(F)(F)F. The summed E-state index contributed by atoms with van der Waals surface area (Å²) in [5.74, 6) is 0.230. The number of hydrogen-bond acceptors (Lipinski definition) is 1. The van der Waals surface area contributed by atoms with Gasteiger partial charge in [-0.25, -0.2) is 0 Å². The highest BCUT2D eigenvalue weighted by Crippen LogP contribution is 2.40. The van der Waals surface area contributed by atoms with Gasteiger partial charge in [0.1, 0.15) is 6.04 Å². The minimum Gasteiger partial charge on any atom is -0.286 e. The second kappa shape index (κ2) is 5.63. The minimum absolute atomic E-state index is 0.190. The number of alkyl halides is 3. The first-order chi connectivity index (χ1) is 8.48. The van der Waals surface area contributed by atoms with Crippen molar-refractivity contribution in [1.82, 2.24) is 4.90 Å². The molecule has 0 aliphatic heterocycles. The molecule has 0 bridgehead atoms. The van der Waals surface area contributed by atoms with E-state index in [4.69, 9.17) is 0 Å². The molecule has 19 heavy (non-hydrogen) atoms. The fourth-order valence-electron chi connectivity index (χ4n) is 2.53. The minimum atomic E-state index is -4.16. The van der Waals surface area contributed by atoms with Gasteiger partial charge in [0.05, 0.1) is 0 Å². The van der Waals surface area contributed by atoms with Crippen molar-refractivity contribution in [3.05, 3.63) is 0 Å². The number of halogens is 3. The maximum Gasteiger partial charge on any atom is 0.404 e. The molecule has 1 atom stereocenters. The molecule has 4 heteroatoms. The maximum atomic E-state index is 13.4. The van der Waals surface area contributed by atoms with Crippen molar-refractivity contribution in [1.29, 1.82) is 0 Å². The van der Waals surface area contributed by atoms with Gasteiger partial charge in [0.2, 0.25) is 0 Å². The van der Waals surface area contributed by atoms with E-state index in [0.717, 1.165) is 12.8 Å². The van der Waals surface area contributed by atoms with E-state index in [1.54, 1.807) is 18.7 Å². The molecule has 0 aromatic carbocycles. The van der Waals surface area contributed by atoms with E-state index in [9.17, 15) is 13.2 Å². The molecule has 0 saturated heterocycles. The third kappa shape index (κ3) is 4.11. The molecule has 1 aliphatic carbocycles. The van der Waals surface area contributed by atoms with E-state index in [2.05, 4.69) is 0 Å². The van der Waals surface area contributed by atoms with Gasteiger partial charge in [-0.1, -0.05) is 27.7 Å². The molecule has 0 aromatic heterocycles. The fourth-order valence-corrected chi connectivity index (χ4v) is 2.53. The van der Waals surface area contributed by atoms with Crippen LogP contribution in [-0.2, 0) is 0 Å². The normalized spacial score (nSPS) is 19.6. The first kappa shape index (κ1) is 16.8. The predicted molar refractivity (Wildman–Crippen MR) is 73.0 cm³/mol. The van der Waals surface area contributed by atoms with Crippen molar-refractivity contribution >= 4 is 0 Å². The molecule has 0 unspecified atom stereocenters. The number of hydrogen-bond donors (Lipinski definition) is 0. The van der Waals surface area contributed by atoms with Crippen molar-refractivity contribution in [2.24, 2.45) is 17.8 Å². The highest BCUT2D eigenvalue weighted by atomic mass is 19.4.